The Kier molecular flexibility index (Phi) is 2.13. The van der Waals surface area contributed by atoms with Crippen LogP contribution in [0.3, 0.4) is 0 Å². The van der Waals surface area contributed by atoms with E-state index in [2.05, 4.69) is 22.5 Å². The molecule has 0 saturated carbocycles. The number of hydrogen-bond donors (Lipinski definition) is 0. The molecule has 0 amide bonds. The van der Waals surface area contributed by atoms with Crippen molar-refractivity contribution in [2.24, 2.45) is 0 Å². The van der Waals surface area contributed by atoms with Crippen LogP contribution in [-0.2, 0) is 6.42 Å². The van der Waals surface area contributed by atoms with Gasteiger partial charge >= 0.3 is 0 Å². The quantitative estimate of drug-likeness (QED) is 0.680. The van der Waals surface area contributed by atoms with Gasteiger partial charge in [-0.25, -0.2) is 0 Å². The third kappa shape index (κ3) is 1.61. The van der Waals surface area contributed by atoms with Gasteiger partial charge in [-0.2, -0.15) is 0 Å². The molecule has 2 heteroatoms. The maximum atomic E-state index is 4.19. The van der Waals surface area contributed by atoms with E-state index in [-0.39, 0.29) is 0 Å². The summed E-state index contributed by atoms with van der Waals surface area (Å²) in [6.45, 7) is 2.14. The highest BCUT2D eigenvalue weighted by Gasteiger charge is 1.95. The Balaban J connectivity index is 2.41. The van der Waals surface area contributed by atoms with Gasteiger partial charge in [0.25, 0.3) is 0 Å². The van der Waals surface area contributed by atoms with Crippen molar-refractivity contribution in [1.29, 1.82) is 0 Å². The number of aromatic nitrogens is 2. The lowest BCUT2D eigenvalue weighted by Gasteiger charge is -2.03. The Bertz CT molecular complexity index is 377. The highest BCUT2D eigenvalue weighted by atomic mass is 15.0. The summed E-state index contributed by atoms with van der Waals surface area (Å²) in [6, 6.07) is 6.18. The summed E-state index contributed by atoms with van der Waals surface area (Å²) in [5.41, 5.74) is 2.40. The van der Waals surface area contributed by atoms with E-state index in [0.717, 1.165) is 12.1 Å². The molecule has 2 rings (SSSR count). The van der Waals surface area contributed by atoms with E-state index in [0.29, 0.717) is 0 Å². The van der Waals surface area contributed by atoms with Crippen LogP contribution in [0.2, 0.25) is 0 Å². The van der Waals surface area contributed by atoms with Gasteiger partial charge in [-0.3, -0.25) is 4.98 Å². The van der Waals surface area contributed by atoms with Crippen molar-refractivity contribution in [3.05, 3.63) is 48.5 Å². The molecule has 0 aliphatic rings. The SMILES string of the molecule is CCc1cncc(-n2cccc2)c1. The zero-order chi connectivity index (χ0) is 9.10. The van der Waals surface area contributed by atoms with Gasteiger partial charge in [-0.1, -0.05) is 6.92 Å². The maximum absolute atomic E-state index is 4.19. The summed E-state index contributed by atoms with van der Waals surface area (Å²) in [5, 5.41) is 0. The van der Waals surface area contributed by atoms with Crippen LogP contribution in [0.25, 0.3) is 5.69 Å². The molecule has 0 spiro atoms. The lowest BCUT2D eigenvalue weighted by Crippen LogP contribution is -1.92. The fourth-order valence-electron chi connectivity index (χ4n) is 1.32. The largest absolute Gasteiger partial charge is 0.322 e. The van der Waals surface area contributed by atoms with Crippen LogP contribution in [0.4, 0.5) is 0 Å². The van der Waals surface area contributed by atoms with Crippen LogP contribution in [-0.4, -0.2) is 9.55 Å². The molecule has 2 nitrogen and oxygen atoms in total. The van der Waals surface area contributed by atoms with Gasteiger partial charge < -0.3 is 4.57 Å². The minimum absolute atomic E-state index is 1.03. The first-order valence-electron chi connectivity index (χ1n) is 4.47. The van der Waals surface area contributed by atoms with Gasteiger partial charge in [0.2, 0.25) is 0 Å². The topological polar surface area (TPSA) is 17.8 Å². The second-order valence-electron chi connectivity index (χ2n) is 3.00. The van der Waals surface area contributed by atoms with E-state index in [1.807, 2.05) is 36.9 Å². The first kappa shape index (κ1) is 8.05. The third-order valence-corrected chi connectivity index (χ3v) is 2.09. The Morgan fingerprint density at radius 3 is 2.69 bits per heavy atom. The van der Waals surface area contributed by atoms with Crippen LogP contribution in [0, 0.1) is 0 Å². The molecule has 0 atom stereocenters. The van der Waals surface area contributed by atoms with Gasteiger partial charge in [0.05, 0.1) is 11.9 Å². The number of nitrogens with zero attached hydrogens (tertiary/aromatic N) is 2. The summed E-state index contributed by atoms with van der Waals surface area (Å²) in [6.07, 6.45) is 8.86. The molecule has 0 bridgehead atoms. The molecule has 0 aliphatic carbocycles. The fraction of sp³-hybridized carbons (Fsp3) is 0.182. The molecule has 0 fully saturated rings. The molecular weight excluding hydrogens is 160 g/mol. The highest BCUT2D eigenvalue weighted by molar-refractivity contribution is 5.32. The second kappa shape index (κ2) is 3.44. The predicted molar refractivity (Wildman–Crippen MR) is 52.9 cm³/mol. The lowest BCUT2D eigenvalue weighted by molar-refractivity contribution is 1.02. The van der Waals surface area contributed by atoms with Crippen LogP contribution in [0.5, 0.6) is 0 Å². The number of hydrogen-bond acceptors (Lipinski definition) is 1. The Morgan fingerprint density at radius 1 is 1.23 bits per heavy atom. The van der Waals surface area contributed by atoms with Crippen molar-refractivity contribution in [3.8, 4) is 5.69 Å². The molecule has 13 heavy (non-hydrogen) atoms. The van der Waals surface area contributed by atoms with E-state index >= 15 is 0 Å². The Morgan fingerprint density at radius 2 is 2.00 bits per heavy atom. The molecule has 0 aliphatic heterocycles. The van der Waals surface area contributed by atoms with Gasteiger partial charge in [0.1, 0.15) is 0 Å². The zero-order valence-corrected chi connectivity index (χ0v) is 7.64. The average molecular weight is 172 g/mol. The summed E-state index contributed by atoms with van der Waals surface area (Å²) in [5.74, 6) is 0. The number of rotatable bonds is 2. The molecule has 2 aromatic rings. The number of aryl methyl sites for hydroxylation is 1. The van der Waals surface area contributed by atoms with Crippen molar-refractivity contribution in [2.75, 3.05) is 0 Å². The van der Waals surface area contributed by atoms with Crippen molar-refractivity contribution in [3.63, 3.8) is 0 Å². The van der Waals surface area contributed by atoms with Crippen LogP contribution < -0.4 is 0 Å². The standard InChI is InChI=1S/C11H12N2/c1-2-10-7-11(9-12-8-10)13-5-3-4-6-13/h3-9H,2H2,1H3. The molecule has 0 N–H and O–H groups in total. The summed E-state index contributed by atoms with van der Waals surface area (Å²) < 4.78 is 2.06. The normalized spacial score (nSPS) is 10.2. The summed E-state index contributed by atoms with van der Waals surface area (Å²) in [7, 11) is 0. The lowest BCUT2D eigenvalue weighted by atomic mass is 10.2. The van der Waals surface area contributed by atoms with Gasteiger partial charge in [0.15, 0.2) is 0 Å². The third-order valence-electron chi connectivity index (χ3n) is 2.09. The summed E-state index contributed by atoms with van der Waals surface area (Å²) in [4.78, 5) is 4.19. The van der Waals surface area contributed by atoms with Crippen molar-refractivity contribution in [2.45, 2.75) is 13.3 Å². The molecule has 0 aromatic carbocycles. The van der Waals surface area contributed by atoms with Crippen LogP contribution >= 0.6 is 0 Å². The minimum atomic E-state index is 1.03. The van der Waals surface area contributed by atoms with Crippen LogP contribution in [0.15, 0.2) is 43.0 Å². The van der Waals surface area contributed by atoms with E-state index in [1.165, 1.54) is 5.56 Å². The first-order valence-corrected chi connectivity index (χ1v) is 4.47. The zero-order valence-electron chi connectivity index (χ0n) is 7.64. The van der Waals surface area contributed by atoms with Gasteiger partial charge in [-0.15, -0.1) is 0 Å². The van der Waals surface area contributed by atoms with E-state index in [4.69, 9.17) is 0 Å². The fourth-order valence-corrected chi connectivity index (χ4v) is 1.32. The summed E-state index contributed by atoms with van der Waals surface area (Å²) >= 11 is 0. The Labute approximate surface area is 77.9 Å². The smallest absolute Gasteiger partial charge is 0.0636 e. The maximum Gasteiger partial charge on any atom is 0.0636 e. The van der Waals surface area contributed by atoms with Crippen molar-refractivity contribution >= 4 is 0 Å². The molecule has 0 unspecified atom stereocenters. The van der Waals surface area contributed by atoms with Crippen LogP contribution in [0.1, 0.15) is 12.5 Å². The predicted octanol–water partition coefficient (Wildman–Crippen LogP) is 2.43. The van der Waals surface area contributed by atoms with Gasteiger partial charge in [0, 0.05) is 18.6 Å². The monoisotopic (exact) mass is 172 g/mol. The molecule has 2 heterocycles. The van der Waals surface area contributed by atoms with E-state index in [1.54, 1.807) is 0 Å². The number of pyridine rings is 1. The van der Waals surface area contributed by atoms with E-state index < -0.39 is 0 Å². The van der Waals surface area contributed by atoms with Gasteiger partial charge in [-0.05, 0) is 30.2 Å². The van der Waals surface area contributed by atoms with Crippen molar-refractivity contribution < 1.29 is 0 Å². The molecule has 0 radical (unpaired) electrons. The minimum Gasteiger partial charge on any atom is -0.322 e. The highest BCUT2D eigenvalue weighted by Crippen LogP contribution is 2.08. The van der Waals surface area contributed by atoms with E-state index in [9.17, 15) is 0 Å². The average Bonchev–Trinajstić information content (AvgIpc) is 2.71. The molecule has 66 valence electrons. The second-order valence-corrected chi connectivity index (χ2v) is 3.00. The molecular formula is C11H12N2. The van der Waals surface area contributed by atoms with Crippen molar-refractivity contribution in [1.82, 2.24) is 9.55 Å². The molecule has 2 aromatic heterocycles. The molecule has 0 saturated heterocycles. The Hall–Kier alpha value is -1.57. The first-order chi connectivity index (χ1) is 6.40.